The van der Waals surface area contributed by atoms with E-state index >= 15 is 0 Å². The van der Waals surface area contributed by atoms with Gasteiger partial charge in [-0.2, -0.15) is 0 Å². The van der Waals surface area contributed by atoms with E-state index in [9.17, 15) is 0 Å². The predicted molar refractivity (Wildman–Crippen MR) is 78.4 cm³/mol. The van der Waals surface area contributed by atoms with Crippen molar-refractivity contribution in [3.8, 4) is 0 Å². The summed E-state index contributed by atoms with van der Waals surface area (Å²) in [7, 11) is 0. The highest BCUT2D eigenvalue weighted by molar-refractivity contribution is 7.15. The Hall–Kier alpha value is -1.21. The molecule has 0 atom stereocenters. The van der Waals surface area contributed by atoms with Crippen LogP contribution < -0.4 is 11.1 Å². The van der Waals surface area contributed by atoms with Gasteiger partial charge in [-0.3, -0.25) is 4.79 Å². The molecule has 1 rings (SSSR count). The zero-order valence-electron chi connectivity index (χ0n) is 12.2. The second kappa shape index (κ2) is 7.40. The third-order valence-corrected chi connectivity index (χ3v) is 3.54. The van der Waals surface area contributed by atoms with E-state index in [0.717, 1.165) is 18.0 Å². The topological polar surface area (TPSA) is 101 Å². The normalized spacial score (nSPS) is 11.6. The quantitative estimate of drug-likeness (QED) is 0.731. The monoisotopic (exact) mass is 288 g/mol. The molecule has 0 aliphatic heterocycles. The summed E-state index contributed by atoms with van der Waals surface area (Å²) in [6, 6.07) is 0. The van der Waals surface area contributed by atoms with Crippen molar-refractivity contribution >= 4 is 22.9 Å². The highest BCUT2D eigenvalue weighted by Gasteiger charge is 2.25. The summed E-state index contributed by atoms with van der Waals surface area (Å²) in [5.41, 5.74) is 5.80. The number of carbonyl (C=O) groups is 1. The number of hydrogen-bond donors (Lipinski definition) is 3. The van der Waals surface area contributed by atoms with Gasteiger partial charge in [0.05, 0.1) is 0 Å². The highest BCUT2D eigenvalue weighted by Crippen LogP contribution is 2.30. The maximum absolute atomic E-state index is 8.36. The molecule has 0 saturated heterocycles. The number of nitrogens with two attached hydrogens (primary N) is 1. The van der Waals surface area contributed by atoms with E-state index in [1.165, 1.54) is 11.3 Å². The highest BCUT2D eigenvalue weighted by atomic mass is 32.1. The molecule has 4 N–H and O–H groups in total. The van der Waals surface area contributed by atoms with Crippen LogP contribution in [0.2, 0.25) is 0 Å². The van der Waals surface area contributed by atoms with Gasteiger partial charge in [0.2, 0.25) is 5.13 Å². The molecular weight excluding hydrogens is 264 g/mol. The van der Waals surface area contributed by atoms with Crippen LogP contribution >= 0.6 is 11.3 Å². The molecule has 19 heavy (non-hydrogen) atoms. The number of rotatable bonds is 4. The van der Waals surface area contributed by atoms with E-state index in [1.807, 2.05) is 0 Å². The Bertz CT molecular complexity index is 385. The van der Waals surface area contributed by atoms with Gasteiger partial charge in [-0.25, -0.2) is 0 Å². The maximum atomic E-state index is 8.36. The zero-order valence-corrected chi connectivity index (χ0v) is 13.0. The van der Waals surface area contributed by atoms with Gasteiger partial charge < -0.3 is 16.2 Å². The summed E-state index contributed by atoms with van der Waals surface area (Å²) in [4.78, 5) is 8.36. The summed E-state index contributed by atoms with van der Waals surface area (Å²) in [5.74, 6) is 0. The van der Waals surface area contributed by atoms with Gasteiger partial charge in [-0.05, 0) is 33.7 Å². The molecule has 0 unspecified atom stereocenters. The summed E-state index contributed by atoms with van der Waals surface area (Å²) < 4.78 is 0. The first-order valence-corrected chi connectivity index (χ1v) is 6.86. The van der Waals surface area contributed by atoms with Crippen LogP contribution in [-0.2, 0) is 10.2 Å². The minimum Gasteiger partial charge on any atom is -0.483 e. The molecule has 1 aromatic heterocycles. The second-order valence-electron chi connectivity index (χ2n) is 5.86. The lowest BCUT2D eigenvalue weighted by molar-refractivity contribution is -0.122. The summed E-state index contributed by atoms with van der Waals surface area (Å²) in [6.07, 6.45) is 1.03. The first-order valence-electron chi connectivity index (χ1n) is 6.05. The van der Waals surface area contributed by atoms with E-state index in [4.69, 9.17) is 15.6 Å². The van der Waals surface area contributed by atoms with Crippen molar-refractivity contribution < 1.29 is 9.90 Å². The van der Waals surface area contributed by atoms with Crippen LogP contribution in [0.5, 0.6) is 0 Å². The van der Waals surface area contributed by atoms with Crippen molar-refractivity contribution in [2.75, 3.05) is 12.3 Å². The van der Waals surface area contributed by atoms with Crippen molar-refractivity contribution in [2.45, 2.75) is 52.0 Å². The lowest BCUT2D eigenvalue weighted by atomic mass is 9.90. The summed E-state index contributed by atoms with van der Waals surface area (Å²) in [5, 5.41) is 19.9. The number of anilines is 1. The summed E-state index contributed by atoms with van der Waals surface area (Å²) >= 11 is 1.48. The standard InChI is InChI=1S/C11H22N4S.CH2O2/c1-10(2,3)13-7-6-11(4,5)8-14-15-9(12)16-8;2-1-3/h13H,6-7H2,1-5H3,(H2,12,15);1H,(H,2,3). The molecule has 0 fully saturated rings. The van der Waals surface area contributed by atoms with Crippen LogP contribution in [0.4, 0.5) is 5.13 Å². The van der Waals surface area contributed by atoms with E-state index < -0.39 is 0 Å². The van der Waals surface area contributed by atoms with Gasteiger partial charge >= 0.3 is 0 Å². The third-order valence-electron chi connectivity index (χ3n) is 2.42. The number of aromatic nitrogens is 2. The Morgan fingerprint density at radius 2 is 1.84 bits per heavy atom. The molecule has 7 heteroatoms. The van der Waals surface area contributed by atoms with Crippen LogP contribution in [0.3, 0.4) is 0 Å². The molecule has 0 aliphatic carbocycles. The van der Waals surface area contributed by atoms with Gasteiger partial charge in [0, 0.05) is 11.0 Å². The van der Waals surface area contributed by atoms with Gasteiger partial charge in [-0.1, -0.05) is 25.2 Å². The first-order chi connectivity index (χ1) is 8.62. The van der Waals surface area contributed by atoms with Gasteiger partial charge in [0.15, 0.2) is 0 Å². The molecule has 0 saturated carbocycles. The zero-order chi connectivity index (χ0) is 15.1. The molecule has 0 radical (unpaired) electrons. The van der Waals surface area contributed by atoms with E-state index in [2.05, 4.69) is 50.1 Å². The molecular formula is C12H24N4O2S. The third kappa shape index (κ3) is 7.74. The molecule has 0 amide bonds. The van der Waals surface area contributed by atoms with Crippen LogP contribution in [-0.4, -0.2) is 33.9 Å². The fourth-order valence-electron chi connectivity index (χ4n) is 1.37. The fraction of sp³-hybridized carbons (Fsp3) is 0.750. The van der Waals surface area contributed by atoms with Crippen LogP contribution in [0.1, 0.15) is 46.0 Å². The van der Waals surface area contributed by atoms with Crippen molar-refractivity contribution in [3.05, 3.63) is 5.01 Å². The minimum atomic E-state index is -0.250. The van der Waals surface area contributed by atoms with Crippen LogP contribution in [0, 0.1) is 0 Å². The average Bonchev–Trinajstić information content (AvgIpc) is 2.64. The van der Waals surface area contributed by atoms with Crippen LogP contribution in [0.25, 0.3) is 0 Å². The van der Waals surface area contributed by atoms with Crippen molar-refractivity contribution in [1.29, 1.82) is 0 Å². The Balaban J connectivity index is 0.000000982. The van der Waals surface area contributed by atoms with Crippen molar-refractivity contribution in [1.82, 2.24) is 15.5 Å². The molecule has 0 bridgehead atoms. The molecule has 0 aliphatic rings. The SMILES string of the molecule is CC(C)(C)NCCC(C)(C)c1nnc(N)s1.O=CO. The summed E-state index contributed by atoms with van der Waals surface area (Å²) in [6.45, 7) is 11.6. The molecule has 1 aromatic rings. The number of carboxylic acid groups (broad SMARTS) is 1. The predicted octanol–water partition coefficient (Wildman–Crippen LogP) is 1.88. The van der Waals surface area contributed by atoms with Crippen molar-refractivity contribution in [3.63, 3.8) is 0 Å². The minimum absolute atomic E-state index is 0.0353. The molecule has 0 aromatic carbocycles. The Labute approximate surface area is 118 Å². The Kier molecular flexibility index (Phi) is 6.93. The number of nitrogens with zero attached hydrogens (tertiary/aromatic N) is 2. The average molecular weight is 288 g/mol. The second-order valence-corrected chi connectivity index (χ2v) is 6.87. The molecule has 0 spiro atoms. The fourth-order valence-corrected chi connectivity index (χ4v) is 2.10. The Morgan fingerprint density at radius 3 is 2.21 bits per heavy atom. The van der Waals surface area contributed by atoms with E-state index in [-0.39, 0.29) is 17.4 Å². The smallest absolute Gasteiger partial charge is 0.290 e. The van der Waals surface area contributed by atoms with Crippen LogP contribution in [0.15, 0.2) is 0 Å². The lowest BCUT2D eigenvalue weighted by Gasteiger charge is -2.26. The number of nitrogen functional groups attached to an aromatic ring is 1. The van der Waals surface area contributed by atoms with E-state index in [1.54, 1.807) is 0 Å². The van der Waals surface area contributed by atoms with Gasteiger partial charge in [0.1, 0.15) is 5.01 Å². The largest absolute Gasteiger partial charge is 0.483 e. The maximum Gasteiger partial charge on any atom is 0.290 e. The Morgan fingerprint density at radius 1 is 1.32 bits per heavy atom. The molecule has 1 heterocycles. The number of nitrogens with one attached hydrogen (secondary N) is 1. The van der Waals surface area contributed by atoms with Gasteiger partial charge in [-0.15, -0.1) is 10.2 Å². The first kappa shape index (κ1) is 17.8. The molecule has 6 nitrogen and oxygen atoms in total. The molecule has 110 valence electrons. The van der Waals surface area contributed by atoms with Gasteiger partial charge in [0.25, 0.3) is 6.47 Å². The van der Waals surface area contributed by atoms with E-state index in [0.29, 0.717) is 5.13 Å². The van der Waals surface area contributed by atoms with Crippen molar-refractivity contribution in [2.24, 2.45) is 0 Å². The number of hydrogen-bond acceptors (Lipinski definition) is 6. The lowest BCUT2D eigenvalue weighted by Crippen LogP contribution is -2.38.